The van der Waals surface area contributed by atoms with Crippen LogP contribution < -0.4 is 26.3 Å². The summed E-state index contributed by atoms with van der Waals surface area (Å²) in [6.07, 6.45) is 1.75. The third-order valence-corrected chi connectivity index (χ3v) is 10.6. The van der Waals surface area contributed by atoms with Gasteiger partial charge in [-0.05, 0) is 66.1 Å². The average molecular weight is 724 g/mol. The van der Waals surface area contributed by atoms with E-state index in [1.807, 2.05) is 0 Å². The van der Waals surface area contributed by atoms with Crippen molar-refractivity contribution in [3.05, 3.63) is 146 Å². The number of phenols is 1. The number of halogens is 2. The van der Waals surface area contributed by atoms with Gasteiger partial charge in [-0.25, -0.2) is 27.9 Å². The van der Waals surface area contributed by atoms with E-state index in [4.69, 9.17) is 21.1 Å². The number of aromatic hydroxyl groups is 1. The predicted molar refractivity (Wildman–Crippen MR) is 188 cm³/mol. The minimum atomic E-state index is -1.71. The normalized spacial score (nSPS) is 22.0. The molecule has 3 heterocycles. The van der Waals surface area contributed by atoms with Gasteiger partial charge < -0.3 is 14.6 Å². The van der Waals surface area contributed by atoms with Gasteiger partial charge in [0.1, 0.15) is 23.1 Å². The van der Waals surface area contributed by atoms with Crippen molar-refractivity contribution in [1.29, 1.82) is 0 Å². The summed E-state index contributed by atoms with van der Waals surface area (Å²) in [7, 11) is 2.82. The lowest BCUT2D eigenvalue weighted by Crippen LogP contribution is -2.53. The van der Waals surface area contributed by atoms with Crippen molar-refractivity contribution in [2.45, 2.75) is 30.3 Å². The molecule has 14 heteroatoms. The number of hydrogen-bond donors (Lipinski definition) is 2. The highest BCUT2D eigenvalue weighted by Crippen LogP contribution is 2.64. The highest BCUT2D eigenvalue weighted by Gasteiger charge is 2.69. The molecular weight excluding hydrogens is 693 g/mol. The second kappa shape index (κ2) is 12.3. The zero-order valence-corrected chi connectivity index (χ0v) is 28.6. The minimum Gasteiger partial charge on any atom is -0.508 e. The first-order valence-electron chi connectivity index (χ1n) is 16.4. The summed E-state index contributed by atoms with van der Waals surface area (Å²) in [4.78, 5) is 58.4. The molecule has 0 bridgehead atoms. The first-order chi connectivity index (χ1) is 25.1. The smallest absolute Gasteiger partial charge is 0.352 e. The Balaban J connectivity index is 1.43. The molecule has 2 amide bonds. The highest BCUT2D eigenvalue weighted by molar-refractivity contribution is 6.30. The Bertz CT molecular complexity index is 2380. The van der Waals surface area contributed by atoms with Crippen molar-refractivity contribution < 1.29 is 28.6 Å². The summed E-state index contributed by atoms with van der Waals surface area (Å²) in [5.74, 6) is -3.78. The number of imide groups is 1. The van der Waals surface area contributed by atoms with E-state index in [1.54, 1.807) is 60.7 Å². The molecule has 4 atom stereocenters. The third-order valence-electron chi connectivity index (χ3n) is 10.4. The monoisotopic (exact) mass is 723 g/mol. The van der Waals surface area contributed by atoms with Gasteiger partial charge in [-0.3, -0.25) is 15.0 Å². The molecule has 4 aromatic carbocycles. The molecule has 1 aliphatic carbocycles. The first kappa shape index (κ1) is 33.1. The van der Waals surface area contributed by atoms with Crippen LogP contribution in [0.15, 0.2) is 112 Å². The quantitative estimate of drug-likeness (QED) is 0.178. The second-order valence-electron chi connectivity index (χ2n) is 12.8. The summed E-state index contributed by atoms with van der Waals surface area (Å²) in [5, 5.41) is 12.0. The molecule has 52 heavy (non-hydrogen) atoms. The van der Waals surface area contributed by atoms with Crippen LogP contribution in [-0.2, 0) is 21.5 Å². The Kier molecular flexibility index (Phi) is 7.83. The standard InChI is InChI=1S/C38H31ClFN5O7/c1-51-30-18-26(46)19-31(52-2)32(30)33-27-16-17-42-36(49)43(25-6-4-3-5-7-25)37(50)45(42)29(27)20-28-34(47)44(41-24-14-12-23(40)13-15-24)35(48)38(28,33)21-8-10-22(39)11-9-21/h3-16,18-19,28-29,33,41,46H,17,20H2,1-2H3/t28-,29+,33+,38+/m0/s1. The number of rotatable bonds is 7. The van der Waals surface area contributed by atoms with Crippen molar-refractivity contribution in [2.75, 3.05) is 19.6 Å². The van der Waals surface area contributed by atoms with Gasteiger partial charge in [-0.15, -0.1) is 0 Å². The number of allylic oxidation sites excluding steroid dienone is 2. The summed E-state index contributed by atoms with van der Waals surface area (Å²) in [5.41, 5.74) is 2.03. The van der Waals surface area contributed by atoms with E-state index in [-0.39, 0.29) is 35.9 Å². The number of amides is 2. The van der Waals surface area contributed by atoms with E-state index < -0.39 is 52.3 Å². The van der Waals surface area contributed by atoms with Gasteiger partial charge in [0.15, 0.2) is 0 Å². The summed E-state index contributed by atoms with van der Waals surface area (Å²) >= 11 is 6.37. The number of para-hydroxylation sites is 1. The Morgan fingerprint density at radius 3 is 2.17 bits per heavy atom. The van der Waals surface area contributed by atoms with E-state index >= 15 is 4.79 Å². The fourth-order valence-corrected chi connectivity index (χ4v) is 8.36. The molecule has 1 saturated heterocycles. The van der Waals surface area contributed by atoms with Gasteiger partial charge >= 0.3 is 11.4 Å². The van der Waals surface area contributed by atoms with Crippen LogP contribution in [0.4, 0.5) is 10.1 Å². The van der Waals surface area contributed by atoms with Crippen molar-refractivity contribution in [1.82, 2.24) is 18.9 Å². The SMILES string of the molecule is COc1cc(O)cc(OC)c1[C@H]1C2=CCn3c(=O)n(-c4ccccc4)c(=O)n3[C@@H]2C[C@H]2C(=O)N(Nc3ccc(F)cc3)C(=O)[C@@]12c1ccc(Cl)cc1. The third kappa shape index (κ3) is 4.72. The number of hydrazine groups is 1. The number of aromatic nitrogens is 3. The first-order valence-corrected chi connectivity index (χ1v) is 16.8. The molecule has 0 spiro atoms. The maximum absolute atomic E-state index is 15.4. The second-order valence-corrected chi connectivity index (χ2v) is 13.3. The molecule has 2 aliphatic heterocycles. The number of hydrogen-bond acceptors (Lipinski definition) is 8. The van der Waals surface area contributed by atoms with E-state index in [0.717, 1.165) is 9.58 Å². The van der Waals surface area contributed by atoms with Crippen molar-refractivity contribution in [2.24, 2.45) is 5.92 Å². The minimum absolute atomic E-state index is 0.0278. The zero-order chi connectivity index (χ0) is 36.5. The van der Waals surface area contributed by atoms with Crippen LogP contribution in [0, 0.1) is 11.7 Å². The fourth-order valence-electron chi connectivity index (χ4n) is 8.24. The molecule has 12 nitrogen and oxygen atoms in total. The molecule has 264 valence electrons. The Labute approximate surface area is 300 Å². The molecule has 3 aliphatic rings. The van der Waals surface area contributed by atoms with Crippen LogP contribution in [0.2, 0.25) is 5.02 Å². The number of carbonyl (C=O) groups is 2. The van der Waals surface area contributed by atoms with Gasteiger partial charge in [0.05, 0.1) is 49.5 Å². The molecule has 2 fully saturated rings. The Morgan fingerprint density at radius 1 is 0.885 bits per heavy atom. The van der Waals surface area contributed by atoms with E-state index in [2.05, 4.69) is 5.43 Å². The maximum atomic E-state index is 15.4. The maximum Gasteiger partial charge on any atom is 0.352 e. The van der Waals surface area contributed by atoms with Gasteiger partial charge in [0, 0.05) is 28.6 Å². The van der Waals surface area contributed by atoms with Crippen LogP contribution in [-0.4, -0.2) is 50.1 Å². The molecule has 1 saturated carbocycles. The van der Waals surface area contributed by atoms with E-state index in [9.17, 15) is 23.9 Å². The molecule has 2 N–H and O–H groups in total. The van der Waals surface area contributed by atoms with Crippen LogP contribution in [0.25, 0.3) is 5.69 Å². The number of methoxy groups -OCH3 is 2. The number of phenolic OH excluding ortho intramolecular Hbond substituents is 1. The largest absolute Gasteiger partial charge is 0.508 e. The Hall–Kier alpha value is -6.08. The lowest BCUT2D eigenvalue weighted by Gasteiger charge is -2.49. The van der Waals surface area contributed by atoms with E-state index in [1.165, 1.54) is 60.0 Å². The average Bonchev–Trinajstić information content (AvgIpc) is 3.53. The molecule has 0 radical (unpaired) electrons. The fraction of sp³-hybridized carbons (Fsp3) is 0.211. The molecule has 0 unspecified atom stereocenters. The summed E-state index contributed by atoms with van der Waals surface area (Å²) in [6, 6.07) is 22.3. The van der Waals surface area contributed by atoms with Crippen molar-refractivity contribution in [3.63, 3.8) is 0 Å². The van der Waals surface area contributed by atoms with Crippen LogP contribution in [0.1, 0.15) is 29.5 Å². The molecular formula is C38H31ClFN5O7. The number of nitrogens with one attached hydrogen (secondary N) is 1. The number of ether oxygens (including phenoxy) is 2. The van der Waals surface area contributed by atoms with E-state index in [0.29, 0.717) is 27.4 Å². The zero-order valence-electron chi connectivity index (χ0n) is 27.8. The lowest BCUT2D eigenvalue weighted by atomic mass is 9.53. The van der Waals surface area contributed by atoms with Crippen LogP contribution in [0.3, 0.4) is 0 Å². The number of nitrogens with zero attached hydrogens (tertiary/aromatic N) is 4. The van der Waals surface area contributed by atoms with Crippen molar-refractivity contribution in [3.8, 4) is 22.9 Å². The summed E-state index contributed by atoms with van der Waals surface area (Å²) in [6.45, 7) is -0.0278. The van der Waals surface area contributed by atoms with Crippen molar-refractivity contribution >= 4 is 29.1 Å². The highest BCUT2D eigenvalue weighted by atomic mass is 35.5. The van der Waals surface area contributed by atoms with Gasteiger partial charge in [0.2, 0.25) is 0 Å². The Morgan fingerprint density at radius 2 is 1.54 bits per heavy atom. The number of benzene rings is 4. The van der Waals surface area contributed by atoms with Gasteiger partial charge in [-0.1, -0.05) is 48.0 Å². The van der Waals surface area contributed by atoms with Crippen LogP contribution >= 0.6 is 11.6 Å². The molecule has 5 aromatic rings. The predicted octanol–water partition coefficient (Wildman–Crippen LogP) is 4.93. The van der Waals surface area contributed by atoms with Gasteiger partial charge in [0.25, 0.3) is 11.8 Å². The number of carbonyl (C=O) groups excluding carboxylic acids is 2. The lowest BCUT2D eigenvalue weighted by molar-refractivity contribution is -0.138. The molecule has 8 rings (SSSR count). The van der Waals surface area contributed by atoms with Gasteiger partial charge in [-0.2, -0.15) is 5.01 Å². The number of anilines is 1. The van der Waals surface area contributed by atoms with Crippen LogP contribution in [0.5, 0.6) is 17.2 Å². The molecule has 1 aromatic heterocycles. The summed E-state index contributed by atoms with van der Waals surface area (Å²) < 4.78 is 29.4. The number of fused-ring (bicyclic) bond motifs is 4. The topological polar surface area (TPSA) is 137 Å².